The highest BCUT2D eigenvalue weighted by Crippen LogP contribution is 2.36. The summed E-state index contributed by atoms with van der Waals surface area (Å²) in [5.74, 6) is 2.30. The van der Waals surface area contributed by atoms with Crippen LogP contribution in [0.4, 0.5) is 11.8 Å². The zero-order valence-corrected chi connectivity index (χ0v) is 27.1. The summed E-state index contributed by atoms with van der Waals surface area (Å²) in [6.07, 6.45) is 5.04. The molecule has 2 fully saturated rings. The average molecular weight is 638 g/mol. The molecule has 2 aliphatic heterocycles. The first-order chi connectivity index (χ1) is 23.0. The van der Waals surface area contributed by atoms with E-state index in [-0.39, 0.29) is 0 Å². The van der Waals surface area contributed by atoms with E-state index in [0.29, 0.717) is 17.5 Å². The zero-order valence-electron chi connectivity index (χ0n) is 27.1. The van der Waals surface area contributed by atoms with Gasteiger partial charge in [-0.1, -0.05) is 54.6 Å². The molecule has 0 bridgehead atoms. The lowest BCUT2D eigenvalue weighted by Crippen LogP contribution is -2.46. The molecule has 0 spiro atoms. The molecule has 1 amide bonds. The fourth-order valence-electron chi connectivity index (χ4n) is 6.27. The van der Waals surface area contributed by atoms with Gasteiger partial charge in [-0.15, -0.1) is 0 Å². The van der Waals surface area contributed by atoms with Gasteiger partial charge in [-0.25, -0.2) is 10.5 Å². The first-order valence-corrected chi connectivity index (χ1v) is 16.2. The molecule has 2 aliphatic rings. The number of benzene rings is 3. The number of aromatic nitrogens is 2. The molecule has 0 saturated carbocycles. The minimum Gasteiger partial charge on any atom is -0.493 e. The number of nitrogens with one attached hydrogen (secondary N) is 2. The Bertz CT molecular complexity index is 1670. The van der Waals surface area contributed by atoms with Crippen LogP contribution in [0, 0.1) is 0 Å². The van der Waals surface area contributed by atoms with E-state index in [9.17, 15) is 4.79 Å². The zero-order chi connectivity index (χ0) is 32.6. The number of methoxy groups -OCH3 is 2. The van der Waals surface area contributed by atoms with E-state index in [4.69, 9.17) is 24.6 Å². The molecule has 0 radical (unpaired) electrons. The number of anilines is 2. The van der Waals surface area contributed by atoms with Gasteiger partial charge in [-0.2, -0.15) is 4.98 Å². The maximum Gasteiger partial charge on any atom is 0.267 e. The number of hydrogen-bond donors (Lipinski definition) is 3. The second-order valence-electron chi connectivity index (χ2n) is 12.1. The average Bonchev–Trinajstić information content (AvgIpc) is 3.12. The number of nitrogens with zero attached hydrogens (tertiary/aromatic N) is 5. The minimum atomic E-state index is -0.552. The summed E-state index contributed by atoms with van der Waals surface area (Å²) < 4.78 is 11.3. The van der Waals surface area contributed by atoms with Crippen LogP contribution in [0.2, 0.25) is 0 Å². The van der Waals surface area contributed by atoms with Crippen molar-refractivity contribution in [3.8, 4) is 11.5 Å². The molecule has 11 heteroatoms. The SMILES string of the molecule is COc1cc2nc(N3CCN(Cc4ccc(/C=C/C(=O)NO)cc4)CC3)nc(NC3CCN(Cc4ccccc4)CC3)c2cc1OC. The van der Waals surface area contributed by atoms with Gasteiger partial charge in [0.1, 0.15) is 5.82 Å². The maximum absolute atomic E-state index is 11.3. The first kappa shape index (κ1) is 32.2. The van der Waals surface area contributed by atoms with Crippen molar-refractivity contribution in [2.75, 3.05) is 63.7 Å². The monoisotopic (exact) mass is 637 g/mol. The Morgan fingerprint density at radius 2 is 1.49 bits per heavy atom. The lowest BCUT2D eigenvalue weighted by Gasteiger charge is -2.35. The van der Waals surface area contributed by atoms with Gasteiger partial charge in [0.25, 0.3) is 5.91 Å². The smallest absolute Gasteiger partial charge is 0.267 e. The van der Waals surface area contributed by atoms with Crippen LogP contribution in [-0.4, -0.2) is 90.4 Å². The number of hydrogen-bond acceptors (Lipinski definition) is 10. The molecule has 0 unspecified atom stereocenters. The normalized spacial score (nSPS) is 16.4. The molecule has 6 rings (SSSR count). The number of fused-ring (bicyclic) bond motifs is 1. The molecular weight excluding hydrogens is 594 g/mol. The highest BCUT2D eigenvalue weighted by molar-refractivity contribution is 5.93. The third kappa shape index (κ3) is 8.18. The number of hydroxylamine groups is 1. The predicted molar refractivity (Wildman–Crippen MR) is 184 cm³/mol. The van der Waals surface area contributed by atoms with Gasteiger partial charge < -0.3 is 19.7 Å². The first-order valence-electron chi connectivity index (χ1n) is 16.2. The van der Waals surface area contributed by atoms with Crippen molar-refractivity contribution in [3.05, 3.63) is 89.5 Å². The van der Waals surface area contributed by atoms with Crippen molar-refractivity contribution in [2.45, 2.75) is 32.0 Å². The Labute approximate surface area is 275 Å². The number of likely N-dealkylation sites (tertiary alicyclic amines) is 1. The van der Waals surface area contributed by atoms with Crippen LogP contribution in [0.25, 0.3) is 17.0 Å². The van der Waals surface area contributed by atoms with E-state index in [1.54, 1.807) is 25.8 Å². The number of piperidine rings is 1. The van der Waals surface area contributed by atoms with Crippen molar-refractivity contribution in [1.29, 1.82) is 0 Å². The number of ether oxygens (including phenoxy) is 2. The van der Waals surface area contributed by atoms with E-state index in [0.717, 1.165) is 93.4 Å². The van der Waals surface area contributed by atoms with Gasteiger partial charge in [0.15, 0.2) is 11.5 Å². The van der Waals surface area contributed by atoms with Crippen LogP contribution in [-0.2, 0) is 17.9 Å². The maximum atomic E-state index is 11.3. The number of piperazine rings is 1. The molecule has 246 valence electrons. The third-order valence-electron chi connectivity index (χ3n) is 8.95. The van der Waals surface area contributed by atoms with E-state index in [1.807, 2.05) is 24.3 Å². The van der Waals surface area contributed by atoms with Crippen molar-refractivity contribution >= 4 is 34.7 Å². The topological polar surface area (TPSA) is 115 Å². The number of amides is 1. The minimum absolute atomic E-state index is 0.312. The van der Waals surface area contributed by atoms with Crippen molar-refractivity contribution in [3.63, 3.8) is 0 Å². The molecule has 2 saturated heterocycles. The Balaban J connectivity index is 1.13. The highest BCUT2D eigenvalue weighted by atomic mass is 16.5. The molecular formula is C36H43N7O4. The van der Waals surface area contributed by atoms with E-state index < -0.39 is 5.91 Å². The summed E-state index contributed by atoms with van der Waals surface area (Å²) >= 11 is 0. The molecule has 0 aliphatic carbocycles. The van der Waals surface area contributed by atoms with Gasteiger partial charge in [0.2, 0.25) is 5.95 Å². The predicted octanol–water partition coefficient (Wildman–Crippen LogP) is 4.56. The highest BCUT2D eigenvalue weighted by Gasteiger charge is 2.24. The standard InChI is InChI=1S/C36H43N7O4/c1-46-32-22-30-31(23-33(32)47-2)38-36(39-35(30)37-29-14-16-41(17-15-29)24-27-6-4-3-5-7-27)43-20-18-42(19-21-43)25-28-10-8-26(9-11-28)12-13-34(44)40-45/h3-13,22-23,29,45H,14-21,24-25H2,1-2H3,(H,40,44)(H,37,38,39)/b13-12+. The third-order valence-corrected chi connectivity index (χ3v) is 8.95. The lowest BCUT2D eigenvalue weighted by atomic mass is 10.0. The molecule has 11 nitrogen and oxygen atoms in total. The van der Waals surface area contributed by atoms with Gasteiger partial charge in [-0.05, 0) is 41.7 Å². The Kier molecular flexibility index (Phi) is 10.5. The Morgan fingerprint density at radius 3 is 2.15 bits per heavy atom. The second kappa shape index (κ2) is 15.3. The summed E-state index contributed by atoms with van der Waals surface area (Å²) in [6.45, 7) is 7.26. The quantitative estimate of drug-likeness (QED) is 0.123. The van der Waals surface area contributed by atoms with E-state index in [1.165, 1.54) is 17.2 Å². The van der Waals surface area contributed by atoms with Crippen molar-refractivity contribution < 1.29 is 19.5 Å². The molecule has 3 N–H and O–H groups in total. The molecule has 0 atom stereocenters. The summed E-state index contributed by atoms with van der Waals surface area (Å²) in [5.41, 5.74) is 5.87. The molecule has 3 aromatic carbocycles. The second-order valence-corrected chi connectivity index (χ2v) is 12.1. The van der Waals surface area contributed by atoms with Crippen LogP contribution < -0.4 is 25.2 Å². The molecule has 47 heavy (non-hydrogen) atoms. The van der Waals surface area contributed by atoms with Gasteiger partial charge in [-0.3, -0.25) is 19.8 Å². The molecule has 4 aromatic rings. The lowest BCUT2D eigenvalue weighted by molar-refractivity contribution is -0.124. The van der Waals surface area contributed by atoms with Crippen molar-refractivity contribution in [2.24, 2.45) is 0 Å². The van der Waals surface area contributed by atoms with Gasteiger partial charge in [0.05, 0.1) is 19.7 Å². The number of rotatable bonds is 11. The summed E-state index contributed by atoms with van der Waals surface area (Å²) in [5, 5.41) is 13.4. The molecule has 1 aromatic heterocycles. The van der Waals surface area contributed by atoms with Crippen LogP contribution in [0.1, 0.15) is 29.5 Å². The summed E-state index contributed by atoms with van der Waals surface area (Å²) in [6, 6.07) is 23.0. The Hall–Kier alpha value is -4.71. The van der Waals surface area contributed by atoms with Crippen molar-refractivity contribution in [1.82, 2.24) is 25.2 Å². The van der Waals surface area contributed by atoms with E-state index in [2.05, 4.69) is 62.5 Å². The van der Waals surface area contributed by atoms with Gasteiger partial charge in [0, 0.05) is 75.9 Å². The summed E-state index contributed by atoms with van der Waals surface area (Å²) in [7, 11) is 3.30. The largest absolute Gasteiger partial charge is 0.493 e. The molecule has 3 heterocycles. The van der Waals surface area contributed by atoms with Gasteiger partial charge >= 0.3 is 0 Å². The van der Waals surface area contributed by atoms with Crippen LogP contribution in [0.5, 0.6) is 11.5 Å². The fraction of sp³-hybridized carbons (Fsp3) is 0.361. The van der Waals surface area contributed by atoms with Crippen LogP contribution in [0.15, 0.2) is 72.8 Å². The fourth-order valence-corrected chi connectivity index (χ4v) is 6.27. The van der Waals surface area contributed by atoms with Crippen LogP contribution in [0.3, 0.4) is 0 Å². The van der Waals surface area contributed by atoms with E-state index >= 15 is 0 Å². The summed E-state index contributed by atoms with van der Waals surface area (Å²) in [4.78, 5) is 28.6. The number of carbonyl (C=O) groups excluding carboxylic acids is 1. The Morgan fingerprint density at radius 1 is 0.851 bits per heavy atom. The van der Waals surface area contributed by atoms with Crippen LogP contribution >= 0.6 is 0 Å². The number of carbonyl (C=O) groups is 1.